The number of hydrogen-bond acceptors (Lipinski definition) is 1. The minimum atomic E-state index is 0.287. The Hall–Kier alpha value is -0.240. The molecule has 0 unspecified atom stereocenters. The zero-order valence-electron chi connectivity index (χ0n) is 9.62. The summed E-state index contributed by atoms with van der Waals surface area (Å²) >= 11 is 5.62. The summed E-state index contributed by atoms with van der Waals surface area (Å²) in [6, 6.07) is 0. The highest BCUT2D eigenvalue weighted by Crippen LogP contribution is 2.56. The Bertz CT molecular complexity index is 264. The van der Waals surface area contributed by atoms with Gasteiger partial charge in [-0.2, -0.15) is 0 Å². The van der Waals surface area contributed by atoms with E-state index in [1.807, 2.05) is 0 Å². The van der Waals surface area contributed by atoms with E-state index < -0.39 is 0 Å². The van der Waals surface area contributed by atoms with Gasteiger partial charge in [-0.1, -0.05) is 0 Å². The largest absolute Gasteiger partial charge is 0.355 e. The molecule has 4 saturated carbocycles. The Balaban J connectivity index is 1.69. The lowest BCUT2D eigenvalue weighted by Gasteiger charge is -2.53. The Morgan fingerprint density at radius 2 is 1.62 bits per heavy atom. The zero-order valence-corrected chi connectivity index (χ0v) is 10.4. The molecule has 4 rings (SSSR count). The number of amides is 1. The Morgan fingerprint density at radius 1 is 1.06 bits per heavy atom. The van der Waals surface area contributed by atoms with Crippen LogP contribution >= 0.6 is 11.6 Å². The van der Waals surface area contributed by atoms with E-state index in [9.17, 15) is 4.79 Å². The molecule has 0 heterocycles. The van der Waals surface area contributed by atoms with Crippen molar-refractivity contribution in [1.29, 1.82) is 0 Å². The van der Waals surface area contributed by atoms with E-state index >= 15 is 0 Å². The Kier molecular flexibility index (Phi) is 2.87. The number of hydrogen-bond donors (Lipinski definition) is 1. The van der Waals surface area contributed by atoms with Crippen molar-refractivity contribution in [2.45, 2.75) is 32.1 Å². The molecule has 90 valence electrons. The first kappa shape index (κ1) is 10.9. The van der Waals surface area contributed by atoms with Crippen molar-refractivity contribution in [3.8, 4) is 0 Å². The van der Waals surface area contributed by atoms with Crippen LogP contribution in [0.4, 0.5) is 0 Å². The second-order valence-corrected chi connectivity index (χ2v) is 6.31. The maximum absolute atomic E-state index is 12.1. The molecule has 0 aromatic carbocycles. The second kappa shape index (κ2) is 4.21. The number of halogens is 1. The zero-order chi connectivity index (χ0) is 11.1. The molecule has 4 aliphatic rings. The van der Waals surface area contributed by atoms with Crippen molar-refractivity contribution in [3.05, 3.63) is 0 Å². The highest BCUT2D eigenvalue weighted by molar-refractivity contribution is 6.18. The number of carbonyl (C=O) groups excluding carboxylic acids is 1. The predicted molar refractivity (Wildman–Crippen MR) is 64.3 cm³/mol. The van der Waals surface area contributed by atoms with Gasteiger partial charge in [0.2, 0.25) is 5.91 Å². The number of nitrogens with one attached hydrogen (secondary N) is 1. The van der Waals surface area contributed by atoms with Crippen LogP contribution in [0.5, 0.6) is 0 Å². The van der Waals surface area contributed by atoms with Crippen molar-refractivity contribution in [2.24, 2.45) is 29.6 Å². The van der Waals surface area contributed by atoms with Gasteiger partial charge in [-0.15, -0.1) is 11.6 Å². The monoisotopic (exact) mass is 241 g/mol. The van der Waals surface area contributed by atoms with Gasteiger partial charge in [0.1, 0.15) is 0 Å². The lowest BCUT2D eigenvalue weighted by molar-refractivity contribution is -0.137. The molecule has 1 N–H and O–H groups in total. The molecule has 3 heteroatoms. The molecule has 0 aliphatic heterocycles. The Labute approximate surface area is 102 Å². The molecule has 16 heavy (non-hydrogen) atoms. The van der Waals surface area contributed by atoms with Crippen LogP contribution in [0.3, 0.4) is 0 Å². The van der Waals surface area contributed by atoms with Crippen molar-refractivity contribution < 1.29 is 4.79 Å². The van der Waals surface area contributed by atoms with Crippen molar-refractivity contribution in [2.75, 3.05) is 12.4 Å². The van der Waals surface area contributed by atoms with Crippen LogP contribution in [0.2, 0.25) is 0 Å². The maximum Gasteiger partial charge on any atom is 0.223 e. The third-order valence-electron chi connectivity index (χ3n) is 4.92. The van der Waals surface area contributed by atoms with E-state index in [0.29, 0.717) is 30.2 Å². The summed E-state index contributed by atoms with van der Waals surface area (Å²) in [5.74, 6) is 4.39. The highest BCUT2D eigenvalue weighted by Gasteiger charge is 2.50. The van der Waals surface area contributed by atoms with Crippen LogP contribution in [0.25, 0.3) is 0 Å². The van der Waals surface area contributed by atoms with E-state index in [1.54, 1.807) is 0 Å². The van der Waals surface area contributed by atoms with Gasteiger partial charge in [-0.05, 0) is 55.8 Å². The Morgan fingerprint density at radius 3 is 2.12 bits per heavy atom. The molecule has 4 aliphatic carbocycles. The summed E-state index contributed by atoms with van der Waals surface area (Å²) in [5.41, 5.74) is 0. The quantitative estimate of drug-likeness (QED) is 0.756. The fourth-order valence-corrected chi connectivity index (χ4v) is 4.74. The first-order valence-electron chi connectivity index (χ1n) is 6.61. The van der Waals surface area contributed by atoms with Crippen molar-refractivity contribution in [1.82, 2.24) is 5.32 Å². The summed E-state index contributed by atoms with van der Waals surface area (Å²) < 4.78 is 0. The summed E-state index contributed by atoms with van der Waals surface area (Å²) in [5, 5.41) is 2.99. The lowest BCUT2D eigenvalue weighted by Crippen LogP contribution is -2.51. The highest BCUT2D eigenvalue weighted by atomic mass is 35.5. The van der Waals surface area contributed by atoms with E-state index in [0.717, 1.165) is 11.8 Å². The van der Waals surface area contributed by atoms with Crippen molar-refractivity contribution in [3.63, 3.8) is 0 Å². The average Bonchev–Trinajstić information content (AvgIpc) is 2.24. The fraction of sp³-hybridized carbons (Fsp3) is 0.923. The van der Waals surface area contributed by atoms with Gasteiger partial charge in [0.25, 0.3) is 0 Å². The van der Waals surface area contributed by atoms with E-state index in [2.05, 4.69) is 5.32 Å². The number of rotatable bonds is 3. The molecule has 0 radical (unpaired) electrons. The van der Waals surface area contributed by atoms with E-state index in [-0.39, 0.29) is 5.91 Å². The molecular formula is C13H20ClNO. The third-order valence-corrected chi connectivity index (χ3v) is 5.11. The van der Waals surface area contributed by atoms with Crippen LogP contribution in [0, 0.1) is 29.6 Å². The molecule has 4 fully saturated rings. The summed E-state index contributed by atoms with van der Waals surface area (Å²) in [7, 11) is 0. The predicted octanol–water partition coefficient (Wildman–Crippen LogP) is 2.41. The SMILES string of the molecule is O=C(NCCCl)C1C2CC3CC(C2)CC1C3. The van der Waals surface area contributed by atoms with E-state index in [4.69, 9.17) is 11.6 Å². The fourth-order valence-electron chi connectivity index (χ4n) is 4.64. The minimum Gasteiger partial charge on any atom is -0.355 e. The van der Waals surface area contributed by atoms with Crippen LogP contribution in [-0.2, 0) is 4.79 Å². The first-order valence-corrected chi connectivity index (χ1v) is 7.15. The third kappa shape index (κ3) is 1.75. The topological polar surface area (TPSA) is 29.1 Å². The molecule has 0 saturated heterocycles. The van der Waals surface area contributed by atoms with Crippen LogP contribution in [0.1, 0.15) is 32.1 Å². The molecule has 4 bridgehead atoms. The summed E-state index contributed by atoms with van der Waals surface area (Å²) in [6.07, 6.45) is 6.69. The molecule has 0 aromatic rings. The minimum absolute atomic E-state index is 0.287. The smallest absolute Gasteiger partial charge is 0.223 e. The summed E-state index contributed by atoms with van der Waals surface area (Å²) in [4.78, 5) is 12.1. The number of alkyl halides is 1. The average molecular weight is 242 g/mol. The molecule has 0 atom stereocenters. The van der Waals surface area contributed by atoms with Crippen LogP contribution in [0.15, 0.2) is 0 Å². The van der Waals surface area contributed by atoms with Crippen LogP contribution in [-0.4, -0.2) is 18.3 Å². The molecule has 0 aromatic heterocycles. The maximum atomic E-state index is 12.1. The molecule has 1 amide bonds. The standard InChI is InChI=1S/C13H20ClNO/c14-1-2-15-13(16)12-10-4-8-3-9(6-10)7-11(12)5-8/h8-12H,1-7H2,(H,15,16). The molecule has 2 nitrogen and oxygen atoms in total. The van der Waals surface area contributed by atoms with Gasteiger partial charge < -0.3 is 5.32 Å². The van der Waals surface area contributed by atoms with Gasteiger partial charge in [0, 0.05) is 18.3 Å². The van der Waals surface area contributed by atoms with Gasteiger partial charge >= 0.3 is 0 Å². The van der Waals surface area contributed by atoms with Crippen molar-refractivity contribution >= 4 is 17.5 Å². The summed E-state index contributed by atoms with van der Waals surface area (Å²) in [6.45, 7) is 0.628. The second-order valence-electron chi connectivity index (χ2n) is 5.94. The normalized spacial score (nSPS) is 44.7. The molecule has 0 spiro atoms. The van der Waals surface area contributed by atoms with Gasteiger partial charge in [0.05, 0.1) is 0 Å². The van der Waals surface area contributed by atoms with Gasteiger partial charge in [-0.25, -0.2) is 0 Å². The molecular weight excluding hydrogens is 222 g/mol. The van der Waals surface area contributed by atoms with Crippen LogP contribution < -0.4 is 5.32 Å². The first-order chi connectivity index (χ1) is 7.78. The lowest BCUT2D eigenvalue weighted by atomic mass is 9.51. The van der Waals surface area contributed by atoms with E-state index in [1.165, 1.54) is 32.1 Å². The van der Waals surface area contributed by atoms with Gasteiger partial charge in [0.15, 0.2) is 0 Å². The number of carbonyl (C=O) groups is 1. The van der Waals surface area contributed by atoms with Gasteiger partial charge in [-0.3, -0.25) is 4.79 Å².